The minimum Gasteiger partial charge on any atom is -0.598 e. The molecule has 1 heterocycles. The Balaban J connectivity index is 1.79. The molecule has 0 saturated carbocycles. The first-order valence-corrected chi connectivity index (χ1v) is 10.5. The number of benzene rings is 2. The lowest BCUT2D eigenvalue weighted by atomic mass is 9.96. The van der Waals surface area contributed by atoms with Crippen LogP contribution in [0.25, 0.3) is 6.08 Å². The fraction of sp³-hybridized carbons (Fsp3) is 0.286. The van der Waals surface area contributed by atoms with Gasteiger partial charge in [-0.05, 0) is 41.8 Å². The molecule has 0 radical (unpaired) electrons. The molecule has 5 nitrogen and oxygen atoms in total. The van der Waals surface area contributed by atoms with Crippen molar-refractivity contribution in [3.8, 4) is 0 Å². The van der Waals surface area contributed by atoms with Gasteiger partial charge in [-0.25, -0.2) is 10.0 Å². The van der Waals surface area contributed by atoms with Crippen LogP contribution >= 0.6 is 34.8 Å². The minimum absolute atomic E-state index is 0.0211. The molecule has 11 heteroatoms. The van der Waals surface area contributed by atoms with Gasteiger partial charge in [-0.3, -0.25) is 4.79 Å². The Labute approximate surface area is 197 Å². The normalized spacial score (nSPS) is 22.0. The zero-order valence-electron chi connectivity index (χ0n) is 16.6. The Kier molecular flexibility index (Phi) is 7.14. The largest absolute Gasteiger partial charge is 0.598 e. The molecule has 1 saturated heterocycles. The average molecular weight is 510 g/mol. The molecule has 1 amide bonds. The quantitative estimate of drug-likeness (QED) is 0.289. The maximum atomic E-state index is 13.7. The minimum atomic E-state index is -4.60. The van der Waals surface area contributed by atoms with Gasteiger partial charge in [0.2, 0.25) is 0 Å². The first-order chi connectivity index (χ1) is 14.8. The summed E-state index contributed by atoms with van der Waals surface area (Å²) < 4.78 is 41.0. The van der Waals surface area contributed by atoms with Gasteiger partial charge in [0.25, 0.3) is 5.91 Å². The van der Waals surface area contributed by atoms with Crippen molar-refractivity contribution in [3.05, 3.63) is 78.9 Å². The number of allylic oxidation sites excluding steroid dienone is 1. The van der Waals surface area contributed by atoms with E-state index in [0.717, 1.165) is 18.2 Å². The van der Waals surface area contributed by atoms with E-state index in [1.54, 1.807) is 13.0 Å². The zero-order chi connectivity index (χ0) is 23.8. The summed E-state index contributed by atoms with van der Waals surface area (Å²) in [5.41, 5.74) is 1.16. The van der Waals surface area contributed by atoms with E-state index in [4.69, 9.17) is 40.0 Å². The summed E-state index contributed by atoms with van der Waals surface area (Å²) in [4.78, 5) is 11.0. The molecule has 3 rings (SSSR count). The van der Waals surface area contributed by atoms with Crippen LogP contribution in [0.4, 0.5) is 13.2 Å². The number of aryl methyl sites for hydroxylation is 1. The Morgan fingerprint density at radius 3 is 2.31 bits per heavy atom. The lowest BCUT2D eigenvalue weighted by Crippen LogP contribution is -2.66. The second kappa shape index (κ2) is 9.21. The van der Waals surface area contributed by atoms with Crippen LogP contribution in [-0.2, 0) is 0 Å². The van der Waals surface area contributed by atoms with Crippen molar-refractivity contribution in [2.24, 2.45) is 0 Å². The molecule has 1 atom stereocenters. The standard InChI is InChI=1S/C21H18Cl3F3N2O3/c1-11-6-12(2-4-15(11)20(30)28-14-9-29(31,32)10-14)3-5-16(21(25,26)27)13-7-17(22)19(24)18(23)8-13/h2-8,14,16,31H,9-10H2,1H3,(H,28,30)/b5-3+. The molecule has 0 aliphatic carbocycles. The first kappa shape index (κ1) is 24.8. The van der Waals surface area contributed by atoms with Gasteiger partial charge in [-0.15, -0.1) is 0 Å². The number of hydrogen-bond donors (Lipinski definition) is 2. The molecule has 1 aliphatic rings. The second-order valence-corrected chi connectivity index (χ2v) is 8.83. The lowest BCUT2D eigenvalue weighted by Gasteiger charge is -2.46. The highest BCUT2D eigenvalue weighted by molar-refractivity contribution is 6.48. The van der Waals surface area contributed by atoms with Crippen LogP contribution in [0.3, 0.4) is 0 Å². The van der Waals surface area contributed by atoms with Gasteiger partial charge >= 0.3 is 6.18 Å². The van der Waals surface area contributed by atoms with E-state index in [2.05, 4.69) is 5.32 Å². The highest BCUT2D eigenvalue weighted by Gasteiger charge is 2.40. The fourth-order valence-electron chi connectivity index (χ4n) is 3.41. The van der Waals surface area contributed by atoms with Gasteiger partial charge in [0.1, 0.15) is 19.1 Å². The molecule has 2 aromatic rings. The van der Waals surface area contributed by atoms with Crippen molar-refractivity contribution in [2.75, 3.05) is 13.1 Å². The summed E-state index contributed by atoms with van der Waals surface area (Å²) in [6, 6.07) is 6.38. The molecule has 0 spiro atoms. The van der Waals surface area contributed by atoms with Gasteiger partial charge in [-0.2, -0.15) is 13.2 Å². The Bertz CT molecular complexity index is 1040. The summed E-state index contributed by atoms with van der Waals surface area (Å²) in [5, 5.41) is 22.8. The van der Waals surface area contributed by atoms with Gasteiger partial charge < -0.3 is 10.5 Å². The topological polar surface area (TPSA) is 72.4 Å². The zero-order valence-corrected chi connectivity index (χ0v) is 18.9. The summed E-state index contributed by atoms with van der Waals surface area (Å²) in [6.07, 6.45) is -2.33. The van der Waals surface area contributed by atoms with Gasteiger partial charge in [0.15, 0.2) is 0 Å². The molecule has 1 aliphatic heterocycles. The van der Waals surface area contributed by atoms with E-state index in [1.165, 1.54) is 18.2 Å². The third-order valence-corrected chi connectivity index (χ3v) is 6.24. The van der Waals surface area contributed by atoms with Crippen molar-refractivity contribution in [1.29, 1.82) is 0 Å². The molecule has 1 unspecified atom stereocenters. The molecular formula is C21H18Cl3F3N2O3. The van der Waals surface area contributed by atoms with Crippen LogP contribution in [0.2, 0.25) is 15.1 Å². The SMILES string of the molecule is Cc1cc(/C=C/C(c2cc(Cl)c(Cl)c(Cl)c2)C(F)(F)F)ccc1C(=O)NC1C[N+]([O-])(O)C1. The van der Waals surface area contributed by atoms with Crippen molar-refractivity contribution in [1.82, 2.24) is 5.32 Å². The summed E-state index contributed by atoms with van der Waals surface area (Å²) >= 11 is 17.6. The maximum absolute atomic E-state index is 13.7. The first-order valence-electron chi connectivity index (χ1n) is 9.38. The maximum Gasteiger partial charge on any atom is 0.399 e. The lowest BCUT2D eigenvalue weighted by molar-refractivity contribution is -1.09. The number of rotatable bonds is 5. The molecule has 0 aromatic heterocycles. The number of halogens is 6. The number of hydroxylamine groups is 4. The van der Waals surface area contributed by atoms with Crippen molar-refractivity contribution >= 4 is 46.8 Å². The van der Waals surface area contributed by atoms with E-state index < -0.39 is 28.9 Å². The van der Waals surface area contributed by atoms with Crippen LogP contribution < -0.4 is 5.32 Å². The van der Waals surface area contributed by atoms with E-state index in [-0.39, 0.29) is 33.7 Å². The van der Waals surface area contributed by atoms with Crippen LogP contribution in [0.5, 0.6) is 0 Å². The predicted molar refractivity (Wildman–Crippen MR) is 117 cm³/mol. The van der Waals surface area contributed by atoms with Crippen molar-refractivity contribution in [2.45, 2.75) is 25.1 Å². The number of carbonyl (C=O) groups excluding carboxylic acids is 1. The van der Waals surface area contributed by atoms with Gasteiger partial charge in [0, 0.05) is 5.56 Å². The molecule has 172 valence electrons. The van der Waals surface area contributed by atoms with E-state index in [1.807, 2.05) is 0 Å². The van der Waals surface area contributed by atoms with E-state index in [9.17, 15) is 23.2 Å². The highest BCUT2D eigenvalue weighted by atomic mass is 35.5. The van der Waals surface area contributed by atoms with Crippen molar-refractivity contribution < 1.29 is 28.0 Å². The predicted octanol–water partition coefficient (Wildman–Crippen LogP) is 6.13. The molecule has 32 heavy (non-hydrogen) atoms. The van der Waals surface area contributed by atoms with Crippen LogP contribution in [0.1, 0.15) is 33.0 Å². The molecule has 0 bridgehead atoms. The van der Waals surface area contributed by atoms with Crippen LogP contribution in [0.15, 0.2) is 36.4 Å². The Hall–Kier alpha value is -1.81. The van der Waals surface area contributed by atoms with Gasteiger partial charge in [-0.1, -0.05) is 59.1 Å². The van der Waals surface area contributed by atoms with Gasteiger partial charge in [0.05, 0.1) is 21.0 Å². The third-order valence-electron chi connectivity index (χ3n) is 5.04. The fourth-order valence-corrected chi connectivity index (χ4v) is 4.02. The number of alkyl halides is 3. The summed E-state index contributed by atoms with van der Waals surface area (Å²) in [5.74, 6) is -2.40. The second-order valence-electron chi connectivity index (χ2n) is 7.63. The van der Waals surface area contributed by atoms with E-state index >= 15 is 0 Å². The van der Waals surface area contributed by atoms with Crippen LogP contribution in [0, 0.1) is 12.1 Å². The Morgan fingerprint density at radius 1 is 1.22 bits per heavy atom. The monoisotopic (exact) mass is 508 g/mol. The third kappa shape index (κ3) is 5.75. The summed E-state index contributed by atoms with van der Waals surface area (Å²) in [7, 11) is 0. The average Bonchev–Trinajstić information content (AvgIpc) is 2.63. The van der Waals surface area contributed by atoms with Crippen molar-refractivity contribution in [3.63, 3.8) is 0 Å². The summed E-state index contributed by atoms with van der Waals surface area (Å²) in [6.45, 7) is 1.37. The number of nitrogens with zero attached hydrogens (tertiary/aromatic N) is 1. The molecule has 2 aromatic carbocycles. The highest BCUT2D eigenvalue weighted by Crippen LogP contribution is 2.41. The Morgan fingerprint density at radius 2 is 1.81 bits per heavy atom. The number of carbonyl (C=O) groups is 1. The number of nitrogens with one attached hydrogen (secondary N) is 1. The number of amides is 1. The smallest absolute Gasteiger partial charge is 0.399 e. The number of quaternary nitrogens is 1. The number of hydrogen-bond acceptors (Lipinski definition) is 3. The molecule has 1 fully saturated rings. The molecule has 2 N–H and O–H groups in total. The van der Waals surface area contributed by atoms with Crippen LogP contribution in [-0.4, -0.2) is 41.2 Å². The molecular weight excluding hydrogens is 492 g/mol. The van der Waals surface area contributed by atoms with E-state index in [0.29, 0.717) is 16.7 Å².